The molecular formula is C14H15N3. The maximum absolute atomic E-state index is 4.31. The molecule has 17 heavy (non-hydrogen) atoms. The van der Waals surface area contributed by atoms with Crippen molar-refractivity contribution in [3.63, 3.8) is 0 Å². The van der Waals surface area contributed by atoms with E-state index in [1.54, 1.807) is 6.33 Å². The van der Waals surface area contributed by atoms with Crippen LogP contribution in [0.25, 0.3) is 0 Å². The lowest BCUT2D eigenvalue weighted by atomic mass is 10.2. The number of anilines is 1. The van der Waals surface area contributed by atoms with E-state index in [-0.39, 0.29) is 0 Å². The van der Waals surface area contributed by atoms with Crippen LogP contribution < -0.4 is 5.32 Å². The van der Waals surface area contributed by atoms with Gasteiger partial charge in [0.15, 0.2) is 0 Å². The largest absolute Gasteiger partial charge is 0.366 e. The van der Waals surface area contributed by atoms with Gasteiger partial charge in [-0.05, 0) is 18.4 Å². The Labute approximate surface area is 101 Å². The fourth-order valence-electron chi connectivity index (χ4n) is 1.86. The summed E-state index contributed by atoms with van der Waals surface area (Å²) in [5.74, 6) is 1.60. The smallest absolute Gasteiger partial charge is 0.129 e. The zero-order valence-electron chi connectivity index (χ0n) is 9.63. The highest BCUT2D eigenvalue weighted by Crippen LogP contribution is 2.39. The molecule has 1 aliphatic rings. The lowest BCUT2D eigenvalue weighted by Crippen LogP contribution is -2.02. The summed E-state index contributed by atoms with van der Waals surface area (Å²) in [7, 11) is 0. The van der Waals surface area contributed by atoms with Crippen molar-refractivity contribution >= 4 is 5.82 Å². The molecule has 0 spiro atoms. The summed E-state index contributed by atoms with van der Waals surface area (Å²) < 4.78 is 0. The van der Waals surface area contributed by atoms with Gasteiger partial charge in [-0.3, -0.25) is 0 Å². The van der Waals surface area contributed by atoms with E-state index in [2.05, 4.69) is 33.5 Å². The summed E-state index contributed by atoms with van der Waals surface area (Å²) in [6.07, 6.45) is 4.20. The van der Waals surface area contributed by atoms with Crippen LogP contribution in [-0.2, 0) is 6.54 Å². The van der Waals surface area contributed by atoms with Crippen LogP contribution in [0.5, 0.6) is 0 Å². The number of aromatic nitrogens is 2. The van der Waals surface area contributed by atoms with Crippen LogP contribution in [-0.4, -0.2) is 9.97 Å². The molecule has 86 valence electrons. The first kappa shape index (κ1) is 10.3. The monoisotopic (exact) mass is 225 g/mol. The predicted molar refractivity (Wildman–Crippen MR) is 67.8 cm³/mol. The molecule has 3 heteroatoms. The second-order valence-electron chi connectivity index (χ2n) is 4.44. The first-order valence-electron chi connectivity index (χ1n) is 6.01. The highest BCUT2D eigenvalue weighted by atomic mass is 15.0. The molecular weight excluding hydrogens is 210 g/mol. The van der Waals surface area contributed by atoms with Crippen molar-refractivity contribution in [1.82, 2.24) is 9.97 Å². The highest BCUT2D eigenvalue weighted by molar-refractivity contribution is 5.37. The fourth-order valence-corrected chi connectivity index (χ4v) is 1.86. The first-order chi connectivity index (χ1) is 8.42. The Morgan fingerprint density at radius 2 is 1.94 bits per heavy atom. The molecule has 1 N–H and O–H groups in total. The Hall–Kier alpha value is -1.90. The molecule has 1 aromatic carbocycles. The zero-order valence-corrected chi connectivity index (χ0v) is 9.63. The molecule has 0 amide bonds. The van der Waals surface area contributed by atoms with E-state index in [9.17, 15) is 0 Å². The number of hydrogen-bond donors (Lipinski definition) is 1. The molecule has 3 nitrogen and oxygen atoms in total. The summed E-state index contributed by atoms with van der Waals surface area (Å²) in [6.45, 7) is 0.808. The van der Waals surface area contributed by atoms with Crippen molar-refractivity contribution in [3.8, 4) is 0 Å². The maximum atomic E-state index is 4.31. The zero-order chi connectivity index (χ0) is 11.5. The standard InChI is InChI=1S/C14H15N3/c1-2-4-11(5-3-1)9-15-14-8-13(12-6-7-12)16-10-17-14/h1-5,8,10,12H,6-7,9H2,(H,15,16,17). The number of benzene rings is 1. The van der Waals surface area contributed by atoms with E-state index >= 15 is 0 Å². The second-order valence-corrected chi connectivity index (χ2v) is 4.44. The van der Waals surface area contributed by atoms with Gasteiger partial charge in [-0.15, -0.1) is 0 Å². The van der Waals surface area contributed by atoms with Crippen LogP contribution >= 0.6 is 0 Å². The van der Waals surface area contributed by atoms with Crippen molar-refractivity contribution in [2.24, 2.45) is 0 Å². The van der Waals surface area contributed by atoms with Crippen LogP contribution in [0, 0.1) is 0 Å². The van der Waals surface area contributed by atoms with E-state index in [0.29, 0.717) is 5.92 Å². The van der Waals surface area contributed by atoms with Crippen molar-refractivity contribution in [3.05, 3.63) is 54.0 Å². The van der Waals surface area contributed by atoms with Gasteiger partial charge in [-0.2, -0.15) is 0 Å². The molecule has 0 aliphatic heterocycles. The van der Waals surface area contributed by atoms with Crippen molar-refractivity contribution in [2.45, 2.75) is 25.3 Å². The van der Waals surface area contributed by atoms with Crippen LogP contribution in [0.3, 0.4) is 0 Å². The van der Waals surface area contributed by atoms with Crippen LogP contribution in [0.2, 0.25) is 0 Å². The molecule has 1 saturated carbocycles. The van der Waals surface area contributed by atoms with Crippen LogP contribution in [0.1, 0.15) is 30.0 Å². The number of nitrogens with zero attached hydrogens (tertiary/aromatic N) is 2. The Kier molecular flexibility index (Phi) is 2.74. The van der Waals surface area contributed by atoms with E-state index in [1.165, 1.54) is 24.1 Å². The summed E-state index contributed by atoms with van der Waals surface area (Å²) >= 11 is 0. The summed E-state index contributed by atoms with van der Waals surface area (Å²) in [5.41, 5.74) is 2.44. The first-order valence-corrected chi connectivity index (χ1v) is 6.01. The highest BCUT2D eigenvalue weighted by Gasteiger charge is 2.25. The number of nitrogens with one attached hydrogen (secondary N) is 1. The molecule has 0 saturated heterocycles. The van der Waals surface area contributed by atoms with Gasteiger partial charge in [-0.25, -0.2) is 9.97 Å². The van der Waals surface area contributed by atoms with Gasteiger partial charge in [-0.1, -0.05) is 30.3 Å². The van der Waals surface area contributed by atoms with Crippen molar-refractivity contribution in [1.29, 1.82) is 0 Å². The molecule has 0 radical (unpaired) electrons. The minimum Gasteiger partial charge on any atom is -0.366 e. The maximum Gasteiger partial charge on any atom is 0.129 e. The molecule has 0 unspecified atom stereocenters. The SMILES string of the molecule is c1ccc(CNc2cc(C3CC3)ncn2)cc1. The average Bonchev–Trinajstić information content (AvgIpc) is 3.22. The summed E-state index contributed by atoms with van der Waals surface area (Å²) in [5, 5.41) is 3.33. The molecule has 1 heterocycles. The summed E-state index contributed by atoms with van der Waals surface area (Å²) in [4.78, 5) is 8.55. The summed E-state index contributed by atoms with van der Waals surface area (Å²) in [6, 6.07) is 12.4. The Morgan fingerprint density at radius 1 is 1.12 bits per heavy atom. The minimum atomic E-state index is 0.676. The van der Waals surface area contributed by atoms with Gasteiger partial charge >= 0.3 is 0 Å². The van der Waals surface area contributed by atoms with Gasteiger partial charge in [0.25, 0.3) is 0 Å². The molecule has 0 atom stereocenters. The Balaban J connectivity index is 1.66. The van der Waals surface area contributed by atoms with Gasteiger partial charge in [0.1, 0.15) is 12.1 Å². The normalized spacial score (nSPS) is 14.6. The average molecular weight is 225 g/mol. The van der Waals surface area contributed by atoms with Crippen molar-refractivity contribution in [2.75, 3.05) is 5.32 Å². The number of rotatable bonds is 4. The van der Waals surface area contributed by atoms with E-state index in [0.717, 1.165) is 12.4 Å². The fraction of sp³-hybridized carbons (Fsp3) is 0.286. The third-order valence-corrected chi connectivity index (χ3v) is 3.00. The minimum absolute atomic E-state index is 0.676. The molecule has 1 fully saturated rings. The molecule has 0 bridgehead atoms. The quantitative estimate of drug-likeness (QED) is 0.869. The van der Waals surface area contributed by atoms with Gasteiger partial charge < -0.3 is 5.32 Å². The Bertz CT molecular complexity index is 492. The molecule has 3 rings (SSSR count). The topological polar surface area (TPSA) is 37.8 Å². The van der Waals surface area contributed by atoms with Gasteiger partial charge in [0.05, 0.1) is 0 Å². The van der Waals surface area contributed by atoms with E-state index in [4.69, 9.17) is 0 Å². The molecule has 1 aliphatic carbocycles. The van der Waals surface area contributed by atoms with E-state index in [1.807, 2.05) is 18.2 Å². The Morgan fingerprint density at radius 3 is 2.71 bits per heavy atom. The lowest BCUT2D eigenvalue weighted by molar-refractivity contribution is 0.977. The van der Waals surface area contributed by atoms with Crippen molar-refractivity contribution < 1.29 is 0 Å². The lowest BCUT2D eigenvalue weighted by Gasteiger charge is -2.06. The van der Waals surface area contributed by atoms with Gasteiger partial charge in [0, 0.05) is 24.2 Å². The second kappa shape index (κ2) is 4.53. The third-order valence-electron chi connectivity index (χ3n) is 3.00. The van der Waals surface area contributed by atoms with Crippen LogP contribution in [0.15, 0.2) is 42.7 Å². The van der Waals surface area contributed by atoms with E-state index < -0.39 is 0 Å². The molecule has 2 aromatic rings. The molecule has 1 aromatic heterocycles. The number of hydrogen-bond acceptors (Lipinski definition) is 3. The predicted octanol–water partition coefficient (Wildman–Crippen LogP) is 2.97. The van der Waals surface area contributed by atoms with Crippen LogP contribution in [0.4, 0.5) is 5.82 Å². The third kappa shape index (κ3) is 2.61. The van der Waals surface area contributed by atoms with Gasteiger partial charge in [0.2, 0.25) is 0 Å².